The second-order valence-electron chi connectivity index (χ2n) is 6.52. The van der Waals surface area contributed by atoms with E-state index in [1.807, 2.05) is 6.92 Å². The van der Waals surface area contributed by atoms with E-state index in [2.05, 4.69) is 47.5 Å². The average Bonchev–Trinajstić information content (AvgIpc) is 3.08. The normalized spacial score (nSPS) is 24.2. The van der Waals surface area contributed by atoms with Crippen molar-refractivity contribution >= 4 is 152 Å². The summed E-state index contributed by atoms with van der Waals surface area (Å²) in [6.07, 6.45) is 1.19. The molecule has 0 saturated heterocycles. The zero-order chi connectivity index (χ0) is 19.3. The summed E-state index contributed by atoms with van der Waals surface area (Å²) in [5.41, 5.74) is 1.78. The summed E-state index contributed by atoms with van der Waals surface area (Å²) >= 11 is 4.64. The van der Waals surface area contributed by atoms with E-state index in [1.54, 1.807) is 7.05 Å². The van der Waals surface area contributed by atoms with Crippen LogP contribution < -0.4 is 58.2 Å². The number of imidazole rings is 1. The van der Waals surface area contributed by atoms with Crippen LogP contribution in [0.5, 0.6) is 0 Å². The van der Waals surface area contributed by atoms with Crippen molar-refractivity contribution in [3.8, 4) is 0 Å². The Labute approximate surface area is 305 Å². The summed E-state index contributed by atoms with van der Waals surface area (Å²) < 4.78 is 2.32. The Hall–Kier alpha value is 7.38. The summed E-state index contributed by atoms with van der Waals surface area (Å²) in [5, 5.41) is 4.26. The predicted octanol–water partition coefficient (Wildman–Crippen LogP) is -0.588. The second kappa shape index (κ2) is 17.7. The predicted molar refractivity (Wildman–Crippen MR) is 108 cm³/mol. The number of aromatic nitrogens is 4. The van der Waals surface area contributed by atoms with E-state index >= 15 is 0 Å². The fourth-order valence-corrected chi connectivity index (χ4v) is 3.75. The van der Waals surface area contributed by atoms with Gasteiger partial charge in [0.2, 0.25) is 0 Å². The molecule has 4 atom stereocenters. The summed E-state index contributed by atoms with van der Waals surface area (Å²) in [6.45, 7) is 11.0. The molecule has 4 unspecified atom stereocenters. The van der Waals surface area contributed by atoms with Crippen molar-refractivity contribution in [1.29, 1.82) is 0 Å². The summed E-state index contributed by atoms with van der Waals surface area (Å²) in [6, 6.07) is 0.471. The van der Waals surface area contributed by atoms with Gasteiger partial charge >= 0.3 is 194 Å². The molecule has 0 amide bonds. The maximum atomic E-state index is 4.70. The van der Waals surface area contributed by atoms with Crippen LogP contribution in [-0.2, 0) is 0 Å². The molecule has 1 aliphatic rings. The van der Waals surface area contributed by atoms with Gasteiger partial charge in [0.1, 0.15) is 11.3 Å². The minimum atomic E-state index is 0. The van der Waals surface area contributed by atoms with Gasteiger partial charge in [0, 0.05) is 11.9 Å². The molecule has 1 saturated carbocycles. The molecule has 0 spiro atoms. The Bertz CT molecular complexity index is 693. The van der Waals surface area contributed by atoms with E-state index in [4.69, 9.17) is 4.98 Å². The van der Waals surface area contributed by atoms with Gasteiger partial charge in [-0.1, -0.05) is 27.8 Å². The molecule has 1 fully saturated rings. The molecule has 2 aromatic heterocycles. The summed E-state index contributed by atoms with van der Waals surface area (Å²) in [4.78, 5) is 13.8. The molecule has 0 radical (unpaired) electrons. The van der Waals surface area contributed by atoms with E-state index in [9.17, 15) is 0 Å². The summed E-state index contributed by atoms with van der Waals surface area (Å²) in [7, 11) is 1.76. The first kappa shape index (κ1) is 33.4. The first-order chi connectivity index (χ1) is 11.9. The maximum absolute atomic E-state index is 4.70. The minimum absolute atomic E-state index is 0. The molecule has 118 valence electrons. The van der Waals surface area contributed by atoms with Gasteiger partial charge in [0.05, 0.1) is 0 Å². The topological polar surface area (TPSA) is 57.7 Å². The van der Waals surface area contributed by atoms with E-state index in [0.717, 1.165) is 170 Å². The number of rotatable bonds is 2. The molecule has 10 heteroatoms. The number of hydrogen-bond donors (Lipinski definition) is 0. The van der Waals surface area contributed by atoms with Crippen molar-refractivity contribution in [1.82, 2.24) is 19.5 Å². The average molecular weight is 714 g/mol. The van der Waals surface area contributed by atoms with Gasteiger partial charge in [-0.2, -0.15) is 0 Å². The van der Waals surface area contributed by atoms with Crippen molar-refractivity contribution in [2.75, 3.05) is 7.05 Å². The molecular weight excluding hydrogens is 690 g/mol. The van der Waals surface area contributed by atoms with Gasteiger partial charge in [-0.15, -0.1) is 0 Å². The van der Waals surface area contributed by atoms with Crippen molar-refractivity contribution in [2.45, 2.75) is 47.1 Å². The van der Waals surface area contributed by atoms with E-state index in [1.165, 1.54) is 6.42 Å². The van der Waals surface area contributed by atoms with Gasteiger partial charge in [-0.25, -0.2) is 9.97 Å². The van der Waals surface area contributed by atoms with Crippen molar-refractivity contribution in [3.63, 3.8) is 0 Å². The van der Waals surface area contributed by atoms with Crippen molar-refractivity contribution in [3.05, 3.63) is 17.0 Å². The molecule has 2 aromatic rings. The Morgan fingerprint density at radius 2 is 1.54 bits per heavy atom. The van der Waals surface area contributed by atoms with Crippen LogP contribution in [0.4, 0.5) is 5.82 Å². The van der Waals surface area contributed by atoms with Crippen LogP contribution >= 0.6 is 0 Å². The van der Waals surface area contributed by atoms with Crippen molar-refractivity contribution < 1.29 is 58.2 Å². The fourth-order valence-electron chi connectivity index (χ4n) is 3.75. The number of hydrogen-bond acceptors (Lipinski definition) is 3. The zero-order valence-corrected chi connectivity index (χ0v) is 43.3. The van der Waals surface area contributed by atoms with Crippen LogP contribution in [0, 0.1) is 31.6 Å². The Morgan fingerprint density at radius 1 is 0.962 bits per heavy atom. The quantitative estimate of drug-likeness (QED) is 0.419. The fraction of sp³-hybridized carbons (Fsp3) is 0.688. The van der Waals surface area contributed by atoms with E-state index in [-0.39, 0.29) is 58.2 Å². The number of fused-ring (bicyclic) bond motifs is 1. The van der Waals surface area contributed by atoms with Crippen LogP contribution in [-0.4, -0.2) is 162 Å². The van der Waals surface area contributed by atoms with Crippen LogP contribution in [0.15, 0.2) is 0 Å². The SMILES string of the molecule is C[N-]c1nc(C)nc2c1nc(C)n2C1CC(C)C(C)C1C.[Rb+].[Rb][Rb].[Rb][Rb]. The van der Waals surface area contributed by atoms with Crippen LogP contribution in [0.3, 0.4) is 0 Å². The van der Waals surface area contributed by atoms with E-state index in [0.29, 0.717) is 17.8 Å². The first-order valence-electron chi connectivity index (χ1n) is 9.77. The van der Waals surface area contributed by atoms with Crippen LogP contribution in [0.1, 0.15) is 44.9 Å². The molecule has 0 N–H and O–H groups in total. The van der Waals surface area contributed by atoms with Crippen LogP contribution in [0.2, 0.25) is 0 Å². The third-order valence-electron chi connectivity index (χ3n) is 5.30. The second-order valence-corrected chi connectivity index (χ2v) is 6.52. The Balaban J connectivity index is 0.00000117. The molecule has 1 aliphatic carbocycles. The summed E-state index contributed by atoms with van der Waals surface area (Å²) in [5.74, 6) is 4.58. The standard InChI is InChI=1S/C16H24N5.5Rb/c1-8-7-13(10(3)9(8)2)21-12(5)20-14-15(17-6)18-11(4)19-16(14)21;;;;;/h8-10,13H,7H2,1-6H3;;;;;/q-1;;;;;+1. The molecule has 0 bridgehead atoms. The Morgan fingerprint density at radius 3 is 2.00 bits per heavy atom. The van der Waals surface area contributed by atoms with Crippen molar-refractivity contribution in [2.24, 2.45) is 17.8 Å². The molecule has 5 nitrogen and oxygen atoms in total. The third-order valence-corrected chi connectivity index (χ3v) is 5.30. The van der Waals surface area contributed by atoms with Gasteiger partial charge in [-0.3, -0.25) is 0 Å². The molecule has 2 heterocycles. The van der Waals surface area contributed by atoms with E-state index < -0.39 is 0 Å². The third kappa shape index (κ3) is 8.79. The number of nitrogens with zero attached hydrogens (tertiary/aromatic N) is 5. The van der Waals surface area contributed by atoms with Gasteiger partial charge in [-0.05, 0) is 43.8 Å². The molecular formula is C16H24N5Rb5. The molecule has 0 aromatic carbocycles. The monoisotopic (exact) mass is 711 g/mol. The van der Waals surface area contributed by atoms with Gasteiger partial charge in [0.15, 0.2) is 5.65 Å². The van der Waals surface area contributed by atoms with Gasteiger partial charge < -0.3 is 14.9 Å². The molecule has 3 rings (SSSR count). The van der Waals surface area contributed by atoms with Crippen LogP contribution in [0.25, 0.3) is 16.5 Å². The van der Waals surface area contributed by atoms with Gasteiger partial charge in [0.25, 0.3) is 0 Å². The number of aryl methyl sites for hydroxylation is 2. The Kier molecular flexibility index (Phi) is 22.8. The molecule has 0 aliphatic heterocycles. The first-order valence-corrected chi connectivity index (χ1v) is 77.8. The zero-order valence-electron chi connectivity index (χ0n) is 18.8. The molecule has 26 heavy (non-hydrogen) atoms.